The molecule has 3 aromatic rings. The molecule has 0 bridgehead atoms. The van der Waals surface area contributed by atoms with Gasteiger partial charge in [-0.1, -0.05) is 5.21 Å². The molecule has 1 N–H and O–H groups in total. The monoisotopic (exact) mass is 315 g/mol. The van der Waals surface area contributed by atoms with E-state index in [1.54, 1.807) is 36.1 Å². The van der Waals surface area contributed by atoms with Crippen LogP contribution in [0.2, 0.25) is 0 Å². The number of nitrogens with one attached hydrogen (secondary N) is 1. The first-order chi connectivity index (χ1) is 10.6. The van der Waals surface area contributed by atoms with Gasteiger partial charge in [0.05, 0.1) is 47.2 Å². The Morgan fingerprint density at radius 3 is 2.91 bits per heavy atom. The van der Waals surface area contributed by atoms with Crippen molar-refractivity contribution < 1.29 is 4.79 Å². The van der Waals surface area contributed by atoms with Crippen LogP contribution in [0.3, 0.4) is 0 Å². The highest BCUT2D eigenvalue weighted by Gasteiger charge is 2.18. The topological polar surface area (TPSA) is 98.5 Å². The van der Waals surface area contributed by atoms with Gasteiger partial charge in [-0.25, -0.2) is 4.68 Å². The third kappa shape index (κ3) is 2.84. The summed E-state index contributed by atoms with van der Waals surface area (Å²) in [5, 5.41) is 10.7. The largest absolute Gasteiger partial charge is 0.319 e. The Bertz CT molecular complexity index is 796. The van der Waals surface area contributed by atoms with Crippen molar-refractivity contribution in [2.45, 2.75) is 20.4 Å². The number of anilines is 1. The van der Waals surface area contributed by atoms with Crippen molar-refractivity contribution in [3.05, 3.63) is 47.3 Å². The van der Waals surface area contributed by atoms with E-state index >= 15 is 0 Å². The fourth-order valence-electron chi connectivity index (χ4n) is 1.88. The molecule has 0 atom stereocenters. The summed E-state index contributed by atoms with van der Waals surface area (Å²) in [5.41, 5.74) is 3.26. The van der Waals surface area contributed by atoms with Gasteiger partial charge in [0.25, 0.3) is 5.91 Å². The van der Waals surface area contributed by atoms with E-state index in [1.165, 1.54) is 0 Å². The van der Waals surface area contributed by atoms with Gasteiger partial charge in [-0.15, -0.1) is 5.10 Å². The summed E-state index contributed by atoms with van der Waals surface area (Å²) in [5.74, 6) is -0.315. The summed E-state index contributed by atoms with van der Waals surface area (Å²) in [4.78, 5) is 16.2. The van der Waals surface area contributed by atoms with Crippen molar-refractivity contribution in [3.8, 4) is 0 Å². The number of carbonyl (C=O) groups excluding carboxylic acids is 1. The third-order valence-electron chi connectivity index (χ3n) is 3.16. The molecule has 112 valence electrons. The van der Waals surface area contributed by atoms with E-state index < -0.39 is 0 Å². The first-order valence-electron chi connectivity index (χ1n) is 6.54. The second-order valence-electron chi connectivity index (χ2n) is 4.67. The summed E-state index contributed by atoms with van der Waals surface area (Å²) in [7, 11) is 0. The summed E-state index contributed by atoms with van der Waals surface area (Å²) in [6.45, 7) is 4.13. The predicted octanol–water partition coefficient (Wildman–Crippen LogP) is 1.44. The van der Waals surface area contributed by atoms with Gasteiger partial charge in [0.15, 0.2) is 5.69 Å². The van der Waals surface area contributed by atoms with E-state index in [4.69, 9.17) is 0 Å². The van der Waals surface area contributed by atoms with Crippen LogP contribution in [0.5, 0.6) is 0 Å². The zero-order valence-electron chi connectivity index (χ0n) is 12.0. The van der Waals surface area contributed by atoms with Crippen LogP contribution in [0, 0.1) is 13.8 Å². The minimum absolute atomic E-state index is 0.282. The van der Waals surface area contributed by atoms with Gasteiger partial charge >= 0.3 is 0 Å². The molecular formula is C13H13N7OS. The molecule has 0 spiro atoms. The lowest BCUT2D eigenvalue weighted by Crippen LogP contribution is -2.14. The molecule has 0 radical (unpaired) electrons. The molecule has 9 heteroatoms. The van der Waals surface area contributed by atoms with E-state index in [2.05, 4.69) is 29.4 Å². The maximum absolute atomic E-state index is 12.2. The van der Waals surface area contributed by atoms with Crippen molar-refractivity contribution >= 4 is 23.3 Å². The van der Waals surface area contributed by atoms with Gasteiger partial charge in [0.2, 0.25) is 0 Å². The van der Waals surface area contributed by atoms with E-state index in [9.17, 15) is 4.79 Å². The highest BCUT2D eigenvalue weighted by Crippen LogP contribution is 2.12. The normalized spacial score (nSPS) is 10.6. The van der Waals surface area contributed by atoms with Gasteiger partial charge in [0, 0.05) is 6.20 Å². The Kier molecular flexibility index (Phi) is 3.88. The number of amides is 1. The van der Waals surface area contributed by atoms with E-state index in [0.29, 0.717) is 17.9 Å². The second-order valence-corrected chi connectivity index (χ2v) is 5.20. The molecule has 0 aromatic carbocycles. The van der Waals surface area contributed by atoms with E-state index in [-0.39, 0.29) is 11.6 Å². The summed E-state index contributed by atoms with van der Waals surface area (Å²) in [6.07, 6.45) is 3.21. The van der Waals surface area contributed by atoms with E-state index in [1.807, 2.05) is 6.92 Å². The smallest absolute Gasteiger partial charge is 0.278 e. The highest BCUT2D eigenvalue weighted by atomic mass is 32.1. The zero-order valence-corrected chi connectivity index (χ0v) is 12.8. The number of carbonyl (C=O) groups is 1. The minimum atomic E-state index is -0.315. The minimum Gasteiger partial charge on any atom is -0.319 e. The fourth-order valence-corrected chi connectivity index (χ4v) is 2.44. The zero-order chi connectivity index (χ0) is 15.5. The van der Waals surface area contributed by atoms with E-state index in [0.717, 1.165) is 23.1 Å². The Hall–Kier alpha value is -2.68. The lowest BCUT2D eigenvalue weighted by molar-refractivity contribution is 0.102. The number of pyridine rings is 1. The number of rotatable bonds is 4. The lowest BCUT2D eigenvalue weighted by Gasteiger charge is -2.04. The first-order valence-corrected chi connectivity index (χ1v) is 7.27. The van der Waals surface area contributed by atoms with Crippen molar-refractivity contribution in [2.24, 2.45) is 0 Å². The molecule has 3 rings (SSSR count). The number of nitrogens with zero attached hydrogens (tertiary/aromatic N) is 6. The molecule has 3 aromatic heterocycles. The quantitative estimate of drug-likeness (QED) is 0.782. The summed E-state index contributed by atoms with van der Waals surface area (Å²) < 4.78 is 9.97. The van der Waals surface area contributed by atoms with Crippen LogP contribution in [-0.2, 0) is 6.54 Å². The summed E-state index contributed by atoms with van der Waals surface area (Å²) >= 11 is 1.16. The van der Waals surface area contributed by atoms with Crippen molar-refractivity contribution in [3.63, 3.8) is 0 Å². The molecule has 0 saturated heterocycles. The average molecular weight is 315 g/mol. The van der Waals surface area contributed by atoms with Gasteiger partial charge in [-0.05, 0) is 26.0 Å². The molecule has 3 heterocycles. The molecule has 22 heavy (non-hydrogen) atoms. The molecule has 8 nitrogen and oxygen atoms in total. The van der Waals surface area contributed by atoms with Gasteiger partial charge in [-0.2, -0.15) is 8.75 Å². The van der Waals surface area contributed by atoms with Crippen LogP contribution in [0.15, 0.2) is 24.5 Å². The Balaban J connectivity index is 1.78. The maximum Gasteiger partial charge on any atom is 0.278 e. The Morgan fingerprint density at radius 1 is 1.36 bits per heavy atom. The SMILES string of the molecule is Cc1nsnc1Cn1nnc(C(=O)Nc2cccnc2)c1C. The third-order valence-corrected chi connectivity index (χ3v) is 3.82. The number of aromatic nitrogens is 6. The summed E-state index contributed by atoms with van der Waals surface area (Å²) in [6, 6.07) is 3.51. The van der Waals surface area contributed by atoms with Crippen LogP contribution in [0.4, 0.5) is 5.69 Å². The van der Waals surface area contributed by atoms with Crippen molar-refractivity contribution in [1.82, 2.24) is 28.7 Å². The molecule has 0 fully saturated rings. The van der Waals surface area contributed by atoms with Crippen molar-refractivity contribution in [2.75, 3.05) is 5.32 Å². The Morgan fingerprint density at radius 2 is 2.23 bits per heavy atom. The predicted molar refractivity (Wildman–Crippen MR) is 80.7 cm³/mol. The maximum atomic E-state index is 12.2. The first kappa shape index (κ1) is 14.3. The molecule has 0 saturated carbocycles. The molecule has 0 unspecified atom stereocenters. The lowest BCUT2D eigenvalue weighted by atomic mass is 10.3. The van der Waals surface area contributed by atoms with Gasteiger partial charge in [0.1, 0.15) is 0 Å². The fraction of sp³-hybridized carbons (Fsp3) is 0.231. The second kappa shape index (κ2) is 5.98. The number of aryl methyl sites for hydroxylation is 1. The number of hydrogen-bond donors (Lipinski definition) is 1. The van der Waals surface area contributed by atoms with Gasteiger partial charge in [-0.3, -0.25) is 9.78 Å². The molecule has 0 aliphatic rings. The standard InChI is InChI=1S/C13H13N7OS/c1-8-11(18-22-17-8)7-20-9(2)12(16-19-20)13(21)15-10-4-3-5-14-6-10/h3-6H,7H2,1-2H3,(H,15,21). The van der Waals surface area contributed by atoms with Crippen LogP contribution in [0.25, 0.3) is 0 Å². The van der Waals surface area contributed by atoms with Gasteiger partial charge < -0.3 is 5.32 Å². The van der Waals surface area contributed by atoms with Crippen LogP contribution in [-0.4, -0.2) is 34.6 Å². The molecule has 1 amide bonds. The average Bonchev–Trinajstić information content (AvgIpc) is 3.08. The Labute approximate surface area is 130 Å². The highest BCUT2D eigenvalue weighted by molar-refractivity contribution is 6.99. The van der Waals surface area contributed by atoms with Crippen LogP contribution in [0.1, 0.15) is 27.6 Å². The van der Waals surface area contributed by atoms with Crippen molar-refractivity contribution in [1.29, 1.82) is 0 Å². The number of hydrogen-bond acceptors (Lipinski definition) is 7. The molecule has 0 aliphatic carbocycles. The van der Waals surface area contributed by atoms with Crippen LogP contribution < -0.4 is 5.32 Å². The molecule has 0 aliphatic heterocycles. The van der Waals surface area contributed by atoms with Crippen LogP contribution >= 0.6 is 11.7 Å². The molecular weight excluding hydrogens is 302 g/mol.